The maximum Gasteiger partial charge on any atom is -0.0288 e. The lowest BCUT2D eigenvalue weighted by Crippen LogP contribution is -1.84. The quantitative estimate of drug-likeness (QED) is 0.477. The third-order valence-electron chi connectivity index (χ3n) is 3.09. The van der Waals surface area contributed by atoms with Gasteiger partial charge >= 0.3 is 0 Å². The average Bonchev–Trinajstić information content (AvgIpc) is 2.16. The van der Waals surface area contributed by atoms with Gasteiger partial charge in [0.25, 0.3) is 0 Å². The van der Waals surface area contributed by atoms with E-state index in [0.29, 0.717) is 0 Å². The molecule has 0 saturated carbocycles. The van der Waals surface area contributed by atoms with E-state index in [4.69, 9.17) is 0 Å². The highest BCUT2D eigenvalue weighted by Gasteiger charge is 1.95. The normalized spacial score (nSPS) is 31.0. The molecule has 0 N–H and O–H groups in total. The first-order chi connectivity index (χ1) is 7.18. The van der Waals surface area contributed by atoms with Crippen LogP contribution < -0.4 is 0 Å². The van der Waals surface area contributed by atoms with Crippen LogP contribution in [0.2, 0.25) is 0 Å². The van der Waals surface area contributed by atoms with Gasteiger partial charge in [0.2, 0.25) is 0 Å². The first-order valence-corrected chi connectivity index (χ1v) is 6.15. The summed E-state index contributed by atoms with van der Waals surface area (Å²) < 4.78 is 0. The van der Waals surface area contributed by atoms with E-state index >= 15 is 0 Å². The molecule has 0 aromatic heterocycles. The summed E-state index contributed by atoms with van der Waals surface area (Å²) in [6.45, 7) is 6.77. The summed E-state index contributed by atoms with van der Waals surface area (Å²) in [5.41, 5.74) is 4.65. The minimum absolute atomic E-state index is 1.22. The molecule has 0 amide bonds. The van der Waals surface area contributed by atoms with Gasteiger partial charge < -0.3 is 0 Å². The highest BCUT2D eigenvalue weighted by Crippen LogP contribution is 2.15. The molecule has 0 heteroatoms. The molecule has 0 spiro atoms. The van der Waals surface area contributed by atoms with E-state index in [-0.39, 0.29) is 0 Å². The zero-order valence-electron chi connectivity index (χ0n) is 10.5. The van der Waals surface area contributed by atoms with Crippen LogP contribution in [0.5, 0.6) is 0 Å². The molecule has 0 saturated heterocycles. The second-order valence-electron chi connectivity index (χ2n) is 4.77. The Balaban J connectivity index is 2.62. The Labute approximate surface area is 94.8 Å². The summed E-state index contributed by atoms with van der Waals surface area (Å²) >= 11 is 0. The van der Waals surface area contributed by atoms with Gasteiger partial charge in [-0.25, -0.2) is 0 Å². The van der Waals surface area contributed by atoms with E-state index in [1.165, 1.54) is 38.5 Å². The zero-order chi connectivity index (χ0) is 11.1. The highest BCUT2D eigenvalue weighted by atomic mass is 14.0. The molecule has 1 aliphatic rings. The lowest BCUT2D eigenvalue weighted by Gasteiger charge is -2.05. The van der Waals surface area contributed by atoms with Crippen molar-refractivity contribution < 1.29 is 0 Å². The second kappa shape index (κ2) is 6.66. The molecule has 1 aliphatic carbocycles. The van der Waals surface area contributed by atoms with Crippen LogP contribution in [0.3, 0.4) is 0 Å². The lowest BCUT2D eigenvalue weighted by molar-refractivity contribution is 0.875. The maximum atomic E-state index is 2.40. The predicted octanol–water partition coefficient (Wildman–Crippen LogP) is 5.18. The third-order valence-corrected chi connectivity index (χ3v) is 3.09. The second-order valence-corrected chi connectivity index (χ2v) is 4.77. The number of rotatable bonds is 0. The molecule has 0 fully saturated rings. The third kappa shape index (κ3) is 5.61. The molecule has 0 aromatic carbocycles. The minimum Gasteiger partial charge on any atom is -0.0853 e. The first-order valence-electron chi connectivity index (χ1n) is 6.15. The van der Waals surface area contributed by atoms with Crippen molar-refractivity contribution in [3.63, 3.8) is 0 Å². The molecule has 84 valence electrons. The fraction of sp³-hybridized carbons (Fsp3) is 0.600. The maximum absolute atomic E-state index is 2.40. The predicted molar refractivity (Wildman–Crippen MR) is 69.0 cm³/mol. The summed E-state index contributed by atoms with van der Waals surface area (Å²) in [5.74, 6) is 0. The van der Waals surface area contributed by atoms with Crippen LogP contribution in [-0.4, -0.2) is 0 Å². The van der Waals surface area contributed by atoms with Crippen molar-refractivity contribution in [2.45, 2.75) is 59.3 Å². The summed E-state index contributed by atoms with van der Waals surface area (Å²) in [6, 6.07) is 0. The van der Waals surface area contributed by atoms with Crippen LogP contribution in [0.25, 0.3) is 0 Å². The fourth-order valence-electron chi connectivity index (χ4n) is 1.94. The smallest absolute Gasteiger partial charge is 0.0288 e. The number of allylic oxidation sites excluding steroid dienone is 6. The Bertz CT molecular complexity index is 229. The van der Waals surface area contributed by atoms with Gasteiger partial charge in [-0.1, -0.05) is 34.9 Å². The Morgan fingerprint density at radius 3 is 1.13 bits per heavy atom. The monoisotopic (exact) mass is 204 g/mol. The van der Waals surface area contributed by atoms with Crippen molar-refractivity contribution in [2.75, 3.05) is 0 Å². The van der Waals surface area contributed by atoms with Gasteiger partial charge in [-0.2, -0.15) is 0 Å². The van der Waals surface area contributed by atoms with Gasteiger partial charge in [-0.05, 0) is 59.3 Å². The van der Waals surface area contributed by atoms with Crippen LogP contribution in [0.4, 0.5) is 0 Å². The highest BCUT2D eigenvalue weighted by molar-refractivity contribution is 5.08. The fourth-order valence-corrected chi connectivity index (χ4v) is 1.94. The SMILES string of the molecule is C/C1=C/CC/C(C)=C\CC/C(C)=C\CC1. The van der Waals surface area contributed by atoms with Crippen molar-refractivity contribution in [3.05, 3.63) is 34.9 Å². The molecule has 1 rings (SSSR count). The van der Waals surface area contributed by atoms with Gasteiger partial charge in [0.1, 0.15) is 0 Å². The largest absolute Gasteiger partial charge is 0.0853 e. The van der Waals surface area contributed by atoms with Crippen LogP contribution in [0.15, 0.2) is 34.9 Å². The molecule has 0 bridgehead atoms. The van der Waals surface area contributed by atoms with Gasteiger partial charge in [0.15, 0.2) is 0 Å². The van der Waals surface area contributed by atoms with E-state index in [1.54, 1.807) is 16.7 Å². The molecule has 0 aliphatic heterocycles. The van der Waals surface area contributed by atoms with Crippen molar-refractivity contribution in [2.24, 2.45) is 0 Å². The van der Waals surface area contributed by atoms with Gasteiger partial charge in [-0.3, -0.25) is 0 Å². The summed E-state index contributed by atoms with van der Waals surface area (Å²) in [5, 5.41) is 0. The van der Waals surface area contributed by atoms with Crippen LogP contribution in [-0.2, 0) is 0 Å². The summed E-state index contributed by atoms with van der Waals surface area (Å²) in [4.78, 5) is 0. The van der Waals surface area contributed by atoms with Crippen molar-refractivity contribution in [1.29, 1.82) is 0 Å². The van der Waals surface area contributed by atoms with E-state index in [1.807, 2.05) is 0 Å². The Kier molecular flexibility index (Phi) is 5.45. The molecule has 0 atom stereocenters. The van der Waals surface area contributed by atoms with Crippen molar-refractivity contribution in [1.82, 2.24) is 0 Å². The number of hydrogen-bond acceptors (Lipinski definition) is 0. The summed E-state index contributed by atoms with van der Waals surface area (Å²) in [6.07, 6.45) is 14.6. The molecule has 0 radical (unpaired) electrons. The number of hydrogen-bond donors (Lipinski definition) is 0. The van der Waals surface area contributed by atoms with E-state index in [2.05, 4.69) is 39.0 Å². The molecule has 0 nitrogen and oxygen atoms in total. The minimum atomic E-state index is 1.22. The van der Waals surface area contributed by atoms with E-state index in [9.17, 15) is 0 Å². The van der Waals surface area contributed by atoms with Gasteiger partial charge in [0, 0.05) is 0 Å². The average molecular weight is 204 g/mol. The molecular formula is C15H24. The Hall–Kier alpha value is -0.780. The standard InChI is InChI=1S/C15H24/c1-13-7-4-9-14(2)11-6-12-15(3)10-5-8-13/h7,10-11H,4-6,8-9,12H2,1-3H3/b13-7-,14-11-,15-10-. The van der Waals surface area contributed by atoms with Crippen molar-refractivity contribution >= 4 is 0 Å². The summed E-state index contributed by atoms with van der Waals surface area (Å²) in [7, 11) is 0. The first kappa shape index (κ1) is 12.3. The molecule has 0 heterocycles. The topological polar surface area (TPSA) is 0 Å². The molecule has 0 unspecified atom stereocenters. The molecule has 15 heavy (non-hydrogen) atoms. The van der Waals surface area contributed by atoms with E-state index < -0.39 is 0 Å². The van der Waals surface area contributed by atoms with Crippen LogP contribution in [0.1, 0.15) is 59.3 Å². The molecule has 0 aromatic rings. The zero-order valence-corrected chi connectivity index (χ0v) is 10.5. The Morgan fingerprint density at radius 1 is 0.600 bits per heavy atom. The van der Waals surface area contributed by atoms with E-state index in [0.717, 1.165) is 0 Å². The van der Waals surface area contributed by atoms with Gasteiger partial charge in [0.05, 0.1) is 0 Å². The Morgan fingerprint density at radius 2 is 0.867 bits per heavy atom. The van der Waals surface area contributed by atoms with Crippen molar-refractivity contribution in [3.8, 4) is 0 Å². The van der Waals surface area contributed by atoms with Crippen LogP contribution >= 0.6 is 0 Å². The molecular weight excluding hydrogens is 180 g/mol. The lowest BCUT2D eigenvalue weighted by atomic mass is 10.0. The van der Waals surface area contributed by atoms with Gasteiger partial charge in [-0.15, -0.1) is 0 Å². The van der Waals surface area contributed by atoms with Crippen LogP contribution in [0, 0.1) is 0 Å².